The van der Waals surface area contributed by atoms with Crippen LogP contribution in [0.25, 0.3) is 0 Å². The molecule has 2 N–H and O–H groups in total. The summed E-state index contributed by atoms with van der Waals surface area (Å²) < 4.78 is 41.8. The number of methoxy groups -OCH3 is 1. The summed E-state index contributed by atoms with van der Waals surface area (Å²) in [5.41, 5.74) is 3.36. The lowest BCUT2D eigenvalue weighted by Crippen LogP contribution is -2.46. The molecule has 2 amide bonds. The Kier molecular flexibility index (Phi) is 9.86. The second-order valence-electron chi connectivity index (χ2n) is 8.46. The van der Waals surface area contributed by atoms with Crippen molar-refractivity contribution in [3.8, 4) is 11.5 Å². The van der Waals surface area contributed by atoms with Crippen LogP contribution in [0.4, 0.5) is 5.69 Å². The molecule has 0 saturated carbocycles. The van der Waals surface area contributed by atoms with Crippen LogP contribution < -0.4 is 24.5 Å². The maximum Gasteiger partial charge on any atom is 0.263 e. The molecule has 1 heterocycles. The van der Waals surface area contributed by atoms with Crippen molar-refractivity contribution < 1.29 is 32.2 Å². The van der Waals surface area contributed by atoms with E-state index < -0.39 is 22.0 Å². The van der Waals surface area contributed by atoms with E-state index in [1.165, 1.54) is 20.2 Å². The number of carbonyl (C=O) groups excluding carboxylic acids is 2. The Bertz CT molecular complexity index is 1180. The van der Waals surface area contributed by atoms with Crippen molar-refractivity contribution in [2.45, 2.75) is 31.9 Å². The minimum Gasteiger partial charge on any atom is -0.497 e. The molecule has 0 aliphatic carbocycles. The van der Waals surface area contributed by atoms with Crippen molar-refractivity contribution >= 4 is 33.7 Å². The summed E-state index contributed by atoms with van der Waals surface area (Å²) in [5, 5.41) is 6.72. The summed E-state index contributed by atoms with van der Waals surface area (Å²) in [6.45, 7) is 2.57. The molecule has 1 saturated heterocycles. The van der Waals surface area contributed by atoms with Gasteiger partial charge in [-0.1, -0.05) is 0 Å². The quantitative estimate of drug-likeness (QED) is 0.314. The van der Waals surface area contributed by atoms with Gasteiger partial charge in [-0.15, -0.1) is 0 Å². The molecule has 12 heteroatoms. The molecule has 2 aromatic carbocycles. The third-order valence-corrected chi connectivity index (χ3v) is 6.85. The smallest absolute Gasteiger partial charge is 0.263 e. The molecule has 0 unspecified atom stereocenters. The van der Waals surface area contributed by atoms with E-state index in [1.807, 2.05) is 0 Å². The Hall–Kier alpha value is -3.64. The molecule has 11 nitrogen and oxygen atoms in total. The van der Waals surface area contributed by atoms with Gasteiger partial charge in [0, 0.05) is 13.2 Å². The van der Waals surface area contributed by atoms with Gasteiger partial charge in [-0.05, 0) is 73.9 Å². The van der Waals surface area contributed by atoms with Crippen molar-refractivity contribution in [1.29, 1.82) is 0 Å². The van der Waals surface area contributed by atoms with Gasteiger partial charge in [0.25, 0.3) is 11.8 Å². The summed E-state index contributed by atoms with van der Waals surface area (Å²) in [4.78, 5) is 24.6. The second-order valence-corrected chi connectivity index (χ2v) is 10.3. The van der Waals surface area contributed by atoms with E-state index in [2.05, 4.69) is 15.8 Å². The molecule has 3 rings (SSSR count). The molecule has 0 spiro atoms. The van der Waals surface area contributed by atoms with E-state index in [0.717, 1.165) is 30.0 Å². The molecule has 1 aliphatic heterocycles. The molecule has 200 valence electrons. The highest BCUT2D eigenvalue weighted by Crippen LogP contribution is 2.23. The standard InChI is InChI=1S/C25H32N4O7S/c1-18(29(37(3,32)33)20-8-12-21(34-2)13-9-20)25(31)28-27-15-19-6-10-22(11-7-19)36-17-24(30)26-16-23-5-4-14-35-23/h6-13,15,18,23H,4-5,14,16-17H2,1-3H3,(H,26,30)(H,28,31)/b27-15-/t18-,23+/m0/s1. The zero-order valence-electron chi connectivity index (χ0n) is 21.0. The predicted molar refractivity (Wildman–Crippen MR) is 139 cm³/mol. The van der Waals surface area contributed by atoms with Gasteiger partial charge < -0.3 is 19.5 Å². The zero-order chi connectivity index (χ0) is 26.8. The number of hydrogen-bond acceptors (Lipinski definition) is 8. The summed E-state index contributed by atoms with van der Waals surface area (Å²) in [5.74, 6) is 0.237. The molecule has 0 bridgehead atoms. The molecule has 0 aromatic heterocycles. The first kappa shape index (κ1) is 27.9. The van der Waals surface area contributed by atoms with Gasteiger partial charge in [0.1, 0.15) is 17.5 Å². The molecule has 2 atom stereocenters. The van der Waals surface area contributed by atoms with Gasteiger partial charge >= 0.3 is 0 Å². The fourth-order valence-corrected chi connectivity index (χ4v) is 4.86. The maximum atomic E-state index is 12.6. The van der Waals surface area contributed by atoms with Gasteiger partial charge in [0.2, 0.25) is 10.0 Å². The Balaban J connectivity index is 1.50. The van der Waals surface area contributed by atoms with E-state index >= 15 is 0 Å². The number of anilines is 1. The molecule has 37 heavy (non-hydrogen) atoms. The number of nitrogens with zero attached hydrogens (tertiary/aromatic N) is 2. The maximum absolute atomic E-state index is 12.6. The highest BCUT2D eigenvalue weighted by Gasteiger charge is 2.29. The average molecular weight is 533 g/mol. The largest absolute Gasteiger partial charge is 0.497 e. The first-order chi connectivity index (χ1) is 17.7. The molecule has 0 radical (unpaired) electrons. The van der Waals surface area contributed by atoms with Crippen LogP contribution >= 0.6 is 0 Å². The van der Waals surface area contributed by atoms with Crippen molar-refractivity contribution in [2.24, 2.45) is 5.10 Å². The molecular formula is C25H32N4O7S. The zero-order valence-corrected chi connectivity index (χ0v) is 21.9. The fourth-order valence-electron chi connectivity index (χ4n) is 3.68. The topological polar surface area (TPSA) is 136 Å². The third kappa shape index (κ3) is 8.46. The number of benzene rings is 2. The molecule has 1 fully saturated rings. The fraction of sp³-hybridized carbons (Fsp3) is 0.400. The Morgan fingerprint density at radius 3 is 2.43 bits per heavy atom. The van der Waals surface area contributed by atoms with E-state index in [0.29, 0.717) is 29.3 Å². The Morgan fingerprint density at radius 1 is 1.16 bits per heavy atom. The van der Waals surface area contributed by atoms with Gasteiger partial charge in [-0.3, -0.25) is 13.9 Å². The number of sulfonamides is 1. The lowest BCUT2D eigenvalue weighted by atomic mass is 10.2. The minimum absolute atomic E-state index is 0.0721. The lowest BCUT2D eigenvalue weighted by molar-refractivity contribution is -0.123. The Morgan fingerprint density at radius 2 is 1.84 bits per heavy atom. The van der Waals surface area contributed by atoms with E-state index in [1.54, 1.807) is 48.5 Å². The second kappa shape index (κ2) is 13.1. The predicted octanol–water partition coefficient (Wildman–Crippen LogP) is 1.67. The summed E-state index contributed by atoms with van der Waals surface area (Å²) >= 11 is 0. The number of ether oxygens (including phenoxy) is 3. The van der Waals surface area contributed by atoms with Crippen LogP contribution in [0, 0.1) is 0 Å². The van der Waals surface area contributed by atoms with Crippen LogP contribution in [0.2, 0.25) is 0 Å². The SMILES string of the molecule is COc1ccc(N([C@@H](C)C(=O)N/N=C\c2ccc(OCC(=O)NC[C@H]3CCCO3)cc2)S(C)(=O)=O)cc1. The minimum atomic E-state index is -3.75. The molecule has 1 aliphatic rings. The van der Waals surface area contributed by atoms with Crippen molar-refractivity contribution in [3.05, 3.63) is 54.1 Å². The summed E-state index contributed by atoms with van der Waals surface area (Å²) in [7, 11) is -2.25. The van der Waals surface area contributed by atoms with Crippen molar-refractivity contribution in [2.75, 3.05) is 37.4 Å². The highest BCUT2D eigenvalue weighted by molar-refractivity contribution is 7.92. The number of carbonyl (C=O) groups is 2. The molecule has 2 aromatic rings. The summed E-state index contributed by atoms with van der Waals surface area (Å²) in [6.07, 6.45) is 4.48. The number of amides is 2. The van der Waals surface area contributed by atoms with Crippen LogP contribution in [-0.2, 0) is 24.3 Å². The highest BCUT2D eigenvalue weighted by atomic mass is 32.2. The first-order valence-electron chi connectivity index (χ1n) is 11.7. The van der Waals surface area contributed by atoms with Crippen molar-refractivity contribution in [3.63, 3.8) is 0 Å². The average Bonchev–Trinajstić information content (AvgIpc) is 3.40. The summed E-state index contributed by atoms with van der Waals surface area (Å²) in [6, 6.07) is 12.1. The Labute approximate surface area is 216 Å². The van der Waals surface area contributed by atoms with E-state index in [9.17, 15) is 18.0 Å². The lowest BCUT2D eigenvalue weighted by Gasteiger charge is -2.27. The van der Waals surface area contributed by atoms with Crippen LogP contribution in [-0.4, -0.2) is 71.7 Å². The number of rotatable bonds is 12. The van der Waals surface area contributed by atoms with Gasteiger partial charge in [-0.25, -0.2) is 13.8 Å². The van der Waals surface area contributed by atoms with Gasteiger partial charge in [0.05, 0.1) is 31.4 Å². The van der Waals surface area contributed by atoms with Crippen LogP contribution in [0.15, 0.2) is 53.6 Å². The normalized spacial score (nSPS) is 16.2. The van der Waals surface area contributed by atoms with Crippen LogP contribution in [0.5, 0.6) is 11.5 Å². The van der Waals surface area contributed by atoms with E-state index in [4.69, 9.17) is 14.2 Å². The van der Waals surface area contributed by atoms with Crippen LogP contribution in [0.3, 0.4) is 0 Å². The number of hydrazone groups is 1. The number of hydrogen-bond donors (Lipinski definition) is 2. The number of nitrogens with one attached hydrogen (secondary N) is 2. The third-order valence-electron chi connectivity index (χ3n) is 5.60. The van der Waals surface area contributed by atoms with Crippen molar-refractivity contribution in [1.82, 2.24) is 10.7 Å². The van der Waals surface area contributed by atoms with Gasteiger partial charge in [0.15, 0.2) is 6.61 Å². The van der Waals surface area contributed by atoms with Crippen LogP contribution in [0.1, 0.15) is 25.3 Å². The molecular weight excluding hydrogens is 500 g/mol. The van der Waals surface area contributed by atoms with E-state index in [-0.39, 0.29) is 18.6 Å². The van der Waals surface area contributed by atoms with Gasteiger partial charge in [-0.2, -0.15) is 5.10 Å². The first-order valence-corrected chi connectivity index (χ1v) is 13.6. The monoisotopic (exact) mass is 532 g/mol.